The van der Waals surface area contributed by atoms with Gasteiger partial charge in [0, 0.05) is 12.5 Å². The molecule has 24 heavy (non-hydrogen) atoms. The molecule has 0 fully saturated rings. The molecule has 0 rings (SSSR count). The highest BCUT2D eigenvalue weighted by Gasteiger charge is 2.04. The van der Waals surface area contributed by atoms with Gasteiger partial charge in [-0.25, -0.2) is 0 Å². The Balaban J connectivity index is 3.06. The Hall–Kier alpha value is -0.730. The maximum atomic E-state index is 11.3. The second kappa shape index (κ2) is 17.1. The maximum Gasteiger partial charge on any atom is 0.222 e. The molecule has 0 aliphatic rings. The lowest BCUT2D eigenvalue weighted by atomic mass is 10.2. The van der Waals surface area contributed by atoms with Gasteiger partial charge in [0.2, 0.25) is 5.91 Å². The highest BCUT2D eigenvalue weighted by Crippen LogP contribution is 1.90. The van der Waals surface area contributed by atoms with E-state index in [1.54, 1.807) is 0 Å². The van der Waals surface area contributed by atoms with Crippen LogP contribution in [0.4, 0.5) is 0 Å². The maximum absolute atomic E-state index is 11.3. The van der Waals surface area contributed by atoms with Gasteiger partial charge in [0.1, 0.15) is 0 Å². The number of rotatable bonds is 17. The standard InChI is InChI=1S/C17H35NO6/c1-15(2)17(19)18-5-6-20-7-8-21-9-10-22-11-12-23-13-14-24-16(3)4/h15-16H,5-14H2,1-4H3,(H,18,19). The lowest BCUT2D eigenvalue weighted by molar-refractivity contribution is -0.124. The van der Waals surface area contributed by atoms with Crippen molar-refractivity contribution in [3.8, 4) is 0 Å². The van der Waals surface area contributed by atoms with Crippen LogP contribution in [0.5, 0.6) is 0 Å². The molecule has 7 heteroatoms. The number of amides is 1. The quantitative estimate of drug-likeness (QED) is 0.398. The first-order valence-corrected chi connectivity index (χ1v) is 8.74. The normalized spacial score (nSPS) is 11.4. The molecule has 0 aliphatic heterocycles. The van der Waals surface area contributed by atoms with Crippen LogP contribution in [0.1, 0.15) is 27.7 Å². The van der Waals surface area contributed by atoms with E-state index < -0.39 is 0 Å². The Morgan fingerprint density at radius 1 is 0.708 bits per heavy atom. The van der Waals surface area contributed by atoms with Gasteiger partial charge in [-0.1, -0.05) is 13.8 Å². The first-order valence-electron chi connectivity index (χ1n) is 8.74. The number of hydrogen-bond acceptors (Lipinski definition) is 6. The van der Waals surface area contributed by atoms with Gasteiger partial charge in [-0.15, -0.1) is 0 Å². The fourth-order valence-electron chi connectivity index (χ4n) is 1.56. The third-order valence-electron chi connectivity index (χ3n) is 2.86. The first-order chi connectivity index (χ1) is 11.5. The minimum atomic E-state index is 0.00658. The van der Waals surface area contributed by atoms with Gasteiger partial charge in [-0.05, 0) is 13.8 Å². The van der Waals surface area contributed by atoms with Crippen molar-refractivity contribution in [2.45, 2.75) is 33.8 Å². The highest BCUT2D eigenvalue weighted by atomic mass is 16.6. The van der Waals surface area contributed by atoms with E-state index in [2.05, 4.69) is 5.32 Å². The van der Waals surface area contributed by atoms with Crippen LogP contribution in [0.2, 0.25) is 0 Å². The molecule has 0 heterocycles. The van der Waals surface area contributed by atoms with E-state index in [9.17, 15) is 4.79 Å². The van der Waals surface area contributed by atoms with Crippen molar-refractivity contribution < 1.29 is 28.5 Å². The second-order valence-electron chi connectivity index (χ2n) is 5.81. The summed E-state index contributed by atoms with van der Waals surface area (Å²) < 4.78 is 26.8. The van der Waals surface area contributed by atoms with E-state index in [1.165, 1.54) is 0 Å². The summed E-state index contributed by atoms with van der Waals surface area (Å²) in [6, 6.07) is 0. The van der Waals surface area contributed by atoms with Gasteiger partial charge in [0.05, 0.1) is 65.6 Å². The summed E-state index contributed by atoms with van der Waals surface area (Å²) >= 11 is 0. The molecule has 7 nitrogen and oxygen atoms in total. The van der Waals surface area contributed by atoms with Crippen molar-refractivity contribution in [1.29, 1.82) is 0 Å². The third kappa shape index (κ3) is 17.6. The molecule has 1 N–H and O–H groups in total. The lowest BCUT2D eigenvalue weighted by Gasteiger charge is -2.09. The van der Waals surface area contributed by atoms with Crippen LogP contribution >= 0.6 is 0 Å². The van der Waals surface area contributed by atoms with E-state index in [0.29, 0.717) is 66.0 Å². The van der Waals surface area contributed by atoms with Crippen LogP contribution in [-0.4, -0.2) is 78.0 Å². The zero-order valence-electron chi connectivity index (χ0n) is 15.7. The molecule has 0 aliphatic carbocycles. The number of ether oxygens (including phenoxy) is 5. The molecule has 0 aromatic heterocycles. The molecule has 0 spiro atoms. The Kier molecular flexibility index (Phi) is 16.6. The molecule has 0 aromatic carbocycles. The zero-order valence-corrected chi connectivity index (χ0v) is 15.7. The number of hydrogen-bond donors (Lipinski definition) is 1. The average Bonchev–Trinajstić information content (AvgIpc) is 2.53. The SMILES string of the molecule is CC(C)OCCOCCOCCOCCOCCNC(=O)C(C)C. The molecule has 0 unspecified atom stereocenters. The summed E-state index contributed by atoms with van der Waals surface area (Å²) in [6.07, 6.45) is 0.241. The van der Waals surface area contributed by atoms with E-state index >= 15 is 0 Å². The monoisotopic (exact) mass is 349 g/mol. The van der Waals surface area contributed by atoms with E-state index in [4.69, 9.17) is 23.7 Å². The molecule has 144 valence electrons. The van der Waals surface area contributed by atoms with Crippen LogP contribution in [0.3, 0.4) is 0 Å². The lowest BCUT2D eigenvalue weighted by Crippen LogP contribution is -2.31. The number of nitrogens with one attached hydrogen (secondary N) is 1. The Morgan fingerprint density at radius 3 is 1.54 bits per heavy atom. The van der Waals surface area contributed by atoms with E-state index in [-0.39, 0.29) is 17.9 Å². The van der Waals surface area contributed by atoms with Gasteiger partial charge in [-0.3, -0.25) is 4.79 Å². The average molecular weight is 349 g/mol. The van der Waals surface area contributed by atoms with Crippen molar-refractivity contribution in [1.82, 2.24) is 5.32 Å². The number of carbonyl (C=O) groups is 1. The summed E-state index contributed by atoms with van der Waals surface area (Å²) in [5.74, 6) is 0.0514. The second-order valence-corrected chi connectivity index (χ2v) is 5.81. The minimum Gasteiger partial charge on any atom is -0.377 e. The molecule has 0 saturated carbocycles. The Labute approximate surface area is 146 Å². The molecule has 1 amide bonds. The molecule has 0 radical (unpaired) electrons. The van der Waals surface area contributed by atoms with E-state index in [0.717, 1.165) is 0 Å². The summed E-state index contributed by atoms with van der Waals surface area (Å²) in [4.78, 5) is 11.3. The molecule has 0 bridgehead atoms. The van der Waals surface area contributed by atoms with Gasteiger partial charge < -0.3 is 29.0 Å². The van der Waals surface area contributed by atoms with Crippen molar-refractivity contribution in [2.75, 3.05) is 66.0 Å². The minimum absolute atomic E-state index is 0.00658. The van der Waals surface area contributed by atoms with Crippen LogP contribution in [0.25, 0.3) is 0 Å². The fourth-order valence-corrected chi connectivity index (χ4v) is 1.56. The van der Waals surface area contributed by atoms with Crippen molar-refractivity contribution in [2.24, 2.45) is 5.92 Å². The predicted molar refractivity (Wildman–Crippen MR) is 92.2 cm³/mol. The van der Waals surface area contributed by atoms with Crippen LogP contribution < -0.4 is 5.32 Å². The molecule has 0 atom stereocenters. The van der Waals surface area contributed by atoms with Gasteiger partial charge in [0.25, 0.3) is 0 Å². The summed E-state index contributed by atoms with van der Waals surface area (Å²) in [6.45, 7) is 13.2. The molecular weight excluding hydrogens is 314 g/mol. The topological polar surface area (TPSA) is 75.2 Å². The largest absolute Gasteiger partial charge is 0.377 e. The molecule has 0 aromatic rings. The zero-order chi connectivity index (χ0) is 18.0. The predicted octanol–water partition coefficient (Wildman–Crippen LogP) is 1.25. The van der Waals surface area contributed by atoms with E-state index in [1.807, 2.05) is 27.7 Å². The fraction of sp³-hybridized carbons (Fsp3) is 0.941. The summed E-state index contributed by atoms with van der Waals surface area (Å²) in [7, 11) is 0. The van der Waals surface area contributed by atoms with Crippen molar-refractivity contribution >= 4 is 5.91 Å². The van der Waals surface area contributed by atoms with Crippen molar-refractivity contribution in [3.05, 3.63) is 0 Å². The van der Waals surface area contributed by atoms with Crippen molar-refractivity contribution in [3.63, 3.8) is 0 Å². The Morgan fingerprint density at radius 2 is 1.12 bits per heavy atom. The van der Waals surface area contributed by atoms with Gasteiger partial charge >= 0.3 is 0 Å². The first kappa shape index (κ1) is 23.3. The Bertz CT molecular complexity index is 286. The van der Waals surface area contributed by atoms with Crippen LogP contribution in [-0.2, 0) is 28.5 Å². The smallest absolute Gasteiger partial charge is 0.222 e. The number of carbonyl (C=O) groups excluding carboxylic acids is 1. The molecular formula is C17H35NO6. The third-order valence-corrected chi connectivity index (χ3v) is 2.86. The van der Waals surface area contributed by atoms with Gasteiger partial charge in [0.15, 0.2) is 0 Å². The highest BCUT2D eigenvalue weighted by molar-refractivity contribution is 5.77. The summed E-state index contributed by atoms with van der Waals surface area (Å²) in [5, 5.41) is 2.79. The molecule has 0 saturated heterocycles. The van der Waals surface area contributed by atoms with Gasteiger partial charge in [-0.2, -0.15) is 0 Å². The summed E-state index contributed by atoms with van der Waals surface area (Å²) in [5.41, 5.74) is 0. The van der Waals surface area contributed by atoms with Crippen LogP contribution in [0, 0.1) is 5.92 Å². The van der Waals surface area contributed by atoms with Crippen LogP contribution in [0.15, 0.2) is 0 Å².